The molecule has 2 aromatic carbocycles. The Hall–Kier alpha value is -2.53. The van der Waals surface area contributed by atoms with Crippen molar-refractivity contribution in [1.82, 2.24) is 10.2 Å². The Morgan fingerprint density at radius 2 is 1.83 bits per heavy atom. The molecule has 0 saturated carbocycles. The van der Waals surface area contributed by atoms with Crippen LogP contribution in [0.1, 0.15) is 27.5 Å². The Balaban J connectivity index is 1.70. The number of nitrogens with zero attached hydrogens (tertiary/aromatic N) is 1. The lowest BCUT2D eigenvalue weighted by Gasteiger charge is -2.25. The Labute approximate surface area is 142 Å². The minimum atomic E-state index is -0.0670. The van der Waals surface area contributed by atoms with Crippen molar-refractivity contribution in [3.63, 3.8) is 0 Å². The first-order valence-electron chi connectivity index (χ1n) is 7.95. The second-order valence-corrected chi connectivity index (χ2v) is 6.17. The number of aryl methyl sites for hydroxylation is 1. The number of amides is 1. The van der Waals surface area contributed by atoms with Gasteiger partial charge in [-0.2, -0.15) is 0 Å². The maximum absolute atomic E-state index is 12.3. The number of hydrogen-bond donors (Lipinski definition) is 1. The molecule has 2 aromatic rings. The van der Waals surface area contributed by atoms with Gasteiger partial charge < -0.3 is 19.7 Å². The molecule has 0 aliphatic carbocycles. The molecule has 1 amide bonds. The van der Waals surface area contributed by atoms with E-state index in [0.29, 0.717) is 12.1 Å². The van der Waals surface area contributed by atoms with Gasteiger partial charge in [0.15, 0.2) is 11.5 Å². The van der Waals surface area contributed by atoms with Crippen molar-refractivity contribution in [3.05, 3.63) is 59.2 Å². The standard InChI is InChI=1S/C19H22N2O3/c1-13-4-6-14(7-5-13)19(22)20-11-16(21(2)3)15-8-9-17-18(10-15)24-12-23-17/h4-10,16H,11-12H2,1-3H3,(H,20,22)/t16-/m0/s1. The molecule has 1 aliphatic rings. The van der Waals surface area contributed by atoms with Crippen molar-refractivity contribution in [3.8, 4) is 11.5 Å². The summed E-state index contributed by atoms with van der Waals surface area (Å²) in [5.74, 6) is 1.45. The van der Waals surface area contributed by atoms with Crippen molar-refractivity contribution in [2.75, 3.05) is 27.4 Å². The van der Waals surface area contributed by atoms with Crippen LogP contribution in [0.5, 0.6) is 11.5 Å². The number of hydrogen-bond acceptors (Lipinski definition) is 4. The summed E-state index contributed by atoms with van der Waals surface area (Å²) in [4.78, 5) is 14.4. The highest BCUT2D eigenvalue weighted by atomic mass is 16.7. The summed E-state index contributed by atoms with van der Waals surface area (Å²) >= 11 is 0. The first-order valence-corrected chi connectivity index (χ1v) is 7.95. The molecule has 1 aliphatic heterocycles. The largest absolute Gasteiger partial charge is 0.454 e. The summed E-state index contributed by atoms with van der Waals surface area (Å²) < 4.78 is 10.8. The second-order valence-electron chi connectivity index (χ2n) is 6.17. The minimum absolute atomic E-state index is 0.0499. The van der Waals surface area contributed by atoms with E-state index in [9.17, 15) is 4.79 Å². The maximum atomic E-state index is 12.3. The van der Waals surface area contributed by atoms with Crippen LogP contribution in [0.4, 0.5) is 0 Å². The third-order valence-electron chi connectivity index (χ3n) is 4.17. The maximum Gasteiger partial charge on any atom is 0.251 e. The Morgan fingerprint density at radius 1 is 1.12 bits per heavy atom. The van der Waals surface area contributed by atoms with E-state index < -0.39 is 0 Å². The second kappa shape index (κ2) is 6.93. The molecule has 126 valence electrons. The van der Waals surface area contributed by atoms with Crippen molar-refractivity contribution < 1.29 is 14.3 Å². The van der Waals surface area contributed by atoms with Crippen LogP contribution >= 0.6 is 0 Å². The summed E-state index contributed by atoms with van der Waals surface area (Å²) in [6, 6.07) is 13.5. The van der Waals surface area contributed by atoms with Crippen LogP contribution in [-0.2, 0) is 0 Å². The molecule has 0 aromatic heterocycles. The molecule has 0 saturated heterocycles. The van der Waals surface area contributed by atoms with Crippen LogP contribution in [0.15, 0.2) is 42.5 Å². The predicted molar refractivity (Wildman–Crippen MR) is 92.5 cm³/mol. The first-order chi connectivity index (χ1) is 11.5. The molecule has 24 heavy (non-hydrogen) atoms. The summed E-state index contributed by atoms with van der Waals surface area (Å²) in [6.07, 6.45) is 0. The molecule has 1 N–H and O–H groups in total. The third kappa shape index (κ3) is 3.51. The molecule has 1 heterocycles. The topological polar surface area (TPSA) is 50.8 Å². The highest BCUT2D eigenvalue weighted by Gasteiger charge is 2.20. The molecule has 0 radical (unpaired) electrons. The van der Waals surface area contributed by atoms with Gasteiger partial charge in [-0.25, -0.2) is 0 Å². The van der Waals surface area contributed by atoms with Gasteiger partial charge in [0.25, 0.3) is 5.91 Å². The number of likely N-dealkylation sites (N-methyl/N-ethyl adjacent to an activating group) is 1. The number of rotatable bonds is 5. The van der Waals surface area contributed by atoms with Crippen molar-refractivity contribution in [1.29, 1.82) is 0 Å². The zero-order valence-electron chi connectivity index (χ0n) is 14.2. The molecule has 0 fully saturated rings. The van der Waals surface area contributed by atoms with Gasteiger partial charge in [-0.05, 0) is 50.8 Å². The SMILES string of the molecule is Cc1ccc(C(=O)NC[C@@H](c2ccc3c(c2)OCO3)N(C)C)cc1. The zero-order valence-corrected chi connectivity index (χ0v) is 14.2. The van der Waals surface area contributed by atoms with Crippen molar-refractivity contribution >= 4 is 5.91 Å². The van der Waals surface area contributed by atoms with Crippen LogP contribution in [0.25, 0.3) is 0 Å². The van der Waals surface area contributed by atoms with Crippen molar-refractivity contribution in [2.24, 2.45) is 0 Å². The van der Waals surface area contributed by atoms with Gasteiger partial charge in [-0.3, -0.25) is 4.79 Å². The molecule has 1 atom stereocenters. The van der Waals surface area contributed by atoms with Gasteiger partial charge >= 0.3 is 0 Å². The zero-order chi connectivity index (χ0) is 17.1. The minimum Gasteiger partial charge on any atom is -0.454 e. The lowest BCUT2D eigenvalue weighted by atomic mass is 10.0. The average molecular weight is 326 g/mol. The van der Waals surface area contributed by atoms with Crippen LogP contribution in [0.3, 0.4) is 0 Å². The van der Waals surface area contributed by atoms with E-state index in [0.717, 1.165) is 22.6 Å². The van der Waals surface area contributed by atoms with E-state index in [-0.39, 0.29) is 18.7 Å². The Bertz CT molecular complexity index is 726. The number of carbonyl (C=O) groups is 1. The Morgan fingerprint density at radius 3 is 2.54 bits per heavy atom. The van der Waals surface area contributed by atoms with E-state index in [1.54, 1.807) is 0 Å². The van der Waals surface area contributed by atoms with Crippen LogP contribution in [0, 0.1) is 6.92 Å². The van der Waals surface area contributed by atoms with Gasteiger partial charge in [0.2, 0.25) is 6.79 Å². The van der Waals surface area contributed by atoms with Crippen LogP contribution < -0.4 is 14.8 Å². The van der Waals surface area contributed by atoms with Crippen molar-refractivity contribution in [2.45, 2.75) is 13.0 Å². The molecule has 5 heteroatoms. The summed E-state index contributed by atoms with van der Waals surface area (Å²) in [6.45, 7) is 2.78. The van der Waals surface area contributed by atoms with Gasteiger partial charge in [0, 0.05) is 12.1 Å². The fourth-order valence-electron chi connectivity index (χ4n) is 2.72. The fraction of sp³-hybridized carbons (Fsp3) is 0.316. The van der Waals surface area contributed by atoms with Gasteiger partial charge in [0.1, 0.15) is 0 Å². The van der Waals surface area contributed by atoms with Crippen LogP contribution in [-0.4, -0.2) is 38.2 Å². The predicted octanol–water partition coefficient (Wildman–Crippen LogP) is 2.76. The number of benzene rings is 2. The first kappa shape index (κ1) is 16.3. The highest BCUT2D eigenvalue weighted by Crippen LogP contribution is 2.34. The lowest BCUT2D eigenvalue weighted by molar-refractivity contribution is 0.0942. The third-order valence-corrected chi connectivity index (χ3v) is 4.17. The normalized spacial score (nSPS) is 13.8. The molecular formula is C19H22N2O3. The summed E-state index contributed by atoms with van der Waals surface area (Å²) in [5, 5.41) is 3.01. The Kier molecular flexibility index (Phi) is 4.71. The lowest BCUT2D eigenvalue weighted by Crippen LogP contribution is -2.34. The molecule has 0 spiro atoms. The van der Waals surface area contributed by atoms with Gasteiger partial charge in [-0.1, -0.05) is 23.8 Å². The average Bonchev–Trinajstić information content (AvgIpc) is 3.03. The summed E-state index contributed by atoms with van der Waals surface area (Å²) in [7, 11) is 3.99. The van der Waals surface area contributed by atoms with E-state index in [2.05, 4.69) is 10.2 Å². The quantitative estimate of drug-likeness (QED) is 0.918. The number of ether oxygens (including phenoxy) is 2. The number of carbonyl (C=O) groups excluding carboxylic acids is 1. The molecule has 0 unspecified atom stereocenters. The number of fused-ring (bicyclic) bond motifs is 1. The molecular weight excluding hydrogens is 304 g/mol. The smallest absolute Gasteiger partial charge is 0.251 e. The van der Waals surface area contributed by atoms with E-state index in [4.69, 9.17) is 9.47 Å². The molecule has 5 nitrogen and oxygen atoms in total. The molecule has 3 rings (SSSR count). The van der Waals surface area contributed by atoms with Gasteiger partial charge in [-0.15, -0.1) is 0 Å². The van der Waals surface area contributed by atoms with Crippen LogP contribution in [0.2, 0.25) is 0 Å². The summed E-state index contributed by atoms with van der Waals surface area (Å²) in [5.41, 5.74) is 2.88. The monoisotopic (exact) mass is 326 g/mol. The molecule has 0 bridgehead atoms. The van der Waals surface area contributed by atoms with E-state index in [1.165, 1.54) is 0 Å². The van der Waals surface area contributed by atoms with Gasteiger partial charge in [0.05, 0.1) is 6.04 Å². The highest BCUT2D eigenvalue weighted by molar-refractivity contribution is 5.94. The van der Waals surface area contributed by atoms with E-state index in [1.807, 2.05) is 63.5 Å². The fourth-order valence-corrected chi connectivity index (χ4v) is 2.72. The number of nitrogens with one attached hydrogen (secondary N) is 1. The van der Waals surface area contributed by atoms with E-state index >= 15 is 0 Å².